The number of hydrogen-bond donors (Lipinski definition) is 1. The SMILES string of the molecule is CCOC(=O)c1cnn(-c2nc(Cl)nc(C)c2N)c1. The number of aromatic nitrogens is 4. The number of rotatable bonds is 3. The highest BCUT2D eigenvalue weighted by Crippen LogP contribution is 2.19. The molecule has 19 heavy (non-hydrogen) atoms. The Hall–Kier alpha value is -2.15. The summed E-state index contributed by atoms with van der Waals surface area (Å²) in [6, 6.07) is 0. The topological polar surface area (TPSA) is 95.9 Å². The van der Waals surface area contributed by atoms with Crippen LogP contribution in [0.5, 0.6) is 0 Å². The summed E-state index contributed by atoms with van der Waals surface area (Å²) in [4.78, 5) is 19.5. The van der Waals surface area contributed by atoms with Crippen molar-refractivity contribution in [2.45, 2.75) is 13.8 Å². The van der Waals surface area contributed by atoms with E-state index in [0.29, 0.717) is 29.4 Å². The van der Waals surface area contributed by atoms with E-state index < -0.39 is 5.97 Å². The first-order valence-electron chi connectivity index (χ1n) is 5.54. The predicted molar refractivity (Wildman–Crippen MR) is 69.3 cm³/mol. The van der Waals surface area contributed by atoms with E-state index in [1.807, 2.05) is 0 Å². The number of carbonyl (C=O) groups excluding carboxylic acids is 1. The molecule has 2 aromatic rings. The number of halogens is 1. The molecule has 0 atom stereocenters. The van der Waals surface area contributed by atoms with Gasteiger partial charge in [-0.25, -0.2) is 14.5 Å². The van der Waals surface area contributed by atoms with Gasteiger partial charge in [-0.2, -0.15) is 10.1 Å². The lowest BCUT2D eigenvalue weighted by Crippen LogP contribution is -2.07. The molecule has 0 unspecified atom stereocenters. The highest BCUT2D eigenvalue weighted by Gasteiger charge is 2.14. The van der Waals surface area contributed by atoms with Crippen molar-refractivity contribution >= 4 is 23.3 Å². The molecule has 0 aliphatic rings. The van der Waals surface area contributed by atoms with Crippen molar-refractivity contribution in [3.8, 4) is 5.82 Å². The number of anilines is 1. The van der Waals surface area contributed by atoms with Crippen LogP contribution in [0.2, 0.25) is 5.28 Å². The van der Waals surface area contributed by atoms with Crippen molar-refractivity contribution in [2.75, 3.05) is 12.3 Å². The van der Waals surface area contributed by atoms with Gasteiger partial charge in [0.2, 0.25) is 5.28 Å². The maximum atomic E-state index is 11.5. The molecular weight excluding hydrogens is 270 g/mol. The third-order valence-corrected chi connectivity index (χ3v) is 2.57. The van der Waals surface area contributed by atoms with E-state index in [-0.39, 0.29) is 5.28 Å². The number of nitrogens with zero attached hydrogens (tertiary/aromatic N) is 4. The normalized spacial score (nSPS) is 10.5. The first-order chi connectivity index (χ1) is 9.02. The van der Waals surface area contributed by atoms with Crippen molar-refractivity contribution in [2.24, 2.45) is 0 Å². The molecule has 0 radical (unpaired) electrons. The largest absolute Gasteiger partial charge is 0.462 e. The van der Waals surface area contributed by atoms with Gasteiger partial charge in [0.15, 0.2) is 5.82 Å². The molecule has 2 N–H and O–H groups in total. The van der Waals surface area contributed by atoms with Crippen LogP contribution in [0.3, 0.4) is 0 Å². The summed E-state index contributed by atoms with van der Waals surface area (Å²) in [5, 5.41) is 4.08. The minimum absolute atomic E-state index is 0.0647. The van der Waals surface area contributed by atoms with Crippen LogP contribution in [0.4, 0.5) is 5.69 Å². The van der Waals surface area contributed by atoms with Crippen molar-refractivity contribution in [3.05, 3.63) is 28.9 Å². The van der Waals surface area contributed by atoms with Gasteiger partial charge in [0.1, 0.15) is 0 Å². The van der Waals surface area contributed by atoms with Gasteiger partial charge in [0.25, 0.3) is 0 Å². The molecule has 0 amide bonds. The van der Waals surface area contributed by atoms with E-state index in [1.54, 1.807) is 13.8 Å². The summed E-state index contributed by atoms with van der Waals surface area (Å²) in [6.07, 6.45) is 2.86. The van der Waals surface area contributed by atoms with Crippen LogP contribution in [0.1, 0.15) is 23.0 Å². The maximum Gasteiger partial charge on any atom is 0.341 e. The zero-order valence-corrected chi connectivity index (χ0v) is 11.2. The van der Waals surface area contributed by atoms with Crippen LogP contribution in [-0.2, 0) is 4.74 Å². The van der Waals surface area contributed by atoms with E-state index in [1.165, 1.54) is 17.1 Å². The summed E-state index contributed by atoms with van der Waals surface area (Å²) in [5.74, 6) is -0.128. The summed E-state index contributed by atoms with van der Waals surface area (Å²) >= 11 is 5.78. The molecule has 8 heteroatoms. The average molecular weight is 282 g/mol. The molecular formula is C11H12ClN5O2. The van der Waals surface area contributed by atoms with Gasteiger partial charge in [0.05, 0.1) is 29.7 Å². The fourth-order valence-corrected chi connectivity index (χ4v) is 1.67. The molecule has 0 spiro atoms. The Bertz CT molecular complexity index is 626. The minimum atomic E-state index is -0.454. The first kappa shape index (κ1) is 13.3. The lowest BCUT2D eigenvalue weighted by molar-refractivity contribution is 0.0526. The zero-order valence-electron chi connectivity index (χ0n) is 10.4. The fraction of sp³-hybridized carbons (Fsp3) is 0.273. The van der Waals surface area contributed by atoms with Crippen LogP contribution in [0, 0.1) is 6.92 Å². The summed E-state index contributed by atoms with van der Waals surface area (Å²) < 4.78 is 6.24. The molecule has 0 saturated heterocycles. The minimum Gasteiger partial charge on any atom is -0.462 e. The van der Waals surface area contributed by atoms with E-state index in [9.17, 15) is 4.79 Å². The fourth-order valence-electron chi connectivity index (χ4n) is 1.47. The third-order valence-electron chi connectivity index (χ3n) is 2.40. The lowest BCUT2D eigenvalue weighted by Gasteiger charge is -2.06. The van der Waals surface area contributed by atoms with Crippen LogP contribution in [-0.4, -0.2) is 32.3 Å². The number of ether oxygens (including phenoxy) is 1. The molecule has 2 heterocycles. The second kappa shape index (κ2) is 5.23. The molecule has 0 aliphatic heterocycles. The van der Waals surface area contributed by atoms with Gasteiger partial charge in [-0.05, 0) is 25.4 Å². The molecule has 2 aromatic heterocycles. The quantitative estimate of drug-likeness (QED) is 0.674. The number of nitrogens with two attached hydrogens (primary N) is 1. The van der Waals surface area contributed by atoms with E-state index >= 15 is 0 Å². The molecule has 0 aromatic carbocycles. The molecule has 7 nitrogen and oxygen atoms in total. The molecule has 0 bridgehead atoms. The Morgan fingerprint density at radius 3 is 2.95 bits per heavy atom. The lowest BCUT2D eigenvalue weighted by atomic mass is 10.3. The summed E-state index contributed by atoms with van der Waals surface area (Å²) in [7, 11) is 0. The molecule has 0 aliphatic carbocycles. The van der Waals surface area contributed by atoms with Gasteiger partial charge in [-0.15, -0.1) is 0 Å². The van der Waals surface area contributed by atoms with Crippen LogP contribution >= 0.6 is 11.6 Å². The van der Waals surface area contributed by atoms with Crippen LogP contribution in [0.25, 0.3) is 5.82 Å². The Kier molecular flexibility index (Phi) is 3.66. The van der Waals surface area contributed by atoms with Gasteiger partial charge in [-0.3, -0.25) is 0 Å². The molecule has 100 valence electrons. The second-order valence-corrected chi connectivity index (χ2v) is 4.05. The maximum absolute atomic E-state index is 11.5. The van der Waals surface area contributed by atoms with Crippen molar-refractivity contribution in [3.63, 3.8) is 0 Å². The molecule has 0 fully saturated rings. The highest BCUT2D eigenvalue weighted by atomic mass is 35.5. The Labute approximate surface area is 114 Å². The summed E-state index contributed by atoms with van der Waals surface area (Å²) in [5.41, 5.74) is 7.07. The van der Waals surface area contributed by atoms with Crippen molar-refractivity contribution < 1.29 is 9.53 Å². The average Bonchev–Trinajstić information content (AvgIpc) is 2.83. The highest BCUT2D eigenvalue weighted by molar-refractivity contribution is 6.28. The number of carbonyl (C=O) groups is 1. The predicted octanol–water partition coefficient (Wildman–Crippen LogP) is 1.38. The van der Waals surface area contributed by atoms with E-state index in [2.05, 4.69) is 15.1 Å². The number of esters is 1. The Morgan fingerprint density at radius 2 is 2.26 bits per heavy atom. The van der Waals surface area contributed by atoms with Gasteiger partial charge >= 0.3 is 5.97 Å². The van der Waals surface area contributed by atoms with Gasteiger partial charge in [0, 0.05) is 6.20 Å². The third kappa shape index (κ3) is 2.65. The smallest absolute Gasteiger partial charge is 0.341 e. The molecule has 0 saturated carbocycles. The second-order valence-electron chi connectivity index (χ2n) is 3.71. The van der Waals surface area contributed by atoms with Crippen molar-refractivity contribution in [1.82, 2.24) is 19.7 Å². The number of hydrogen-bond acceptors (Lipinski definition) is 6. The van der Waals surface area contributed by atoms with E-state index in [0.717, 1.165) is 0 Å². The Morgan fingerprint density at radius 1 is 1.53 bits per heavy atom. The monoisotopic (exact) mass is 281 g/mol. The zero-order chi connectivity index (χ0) is 14.0. The van der Waals surface area contributed by atoms with E-state index in [4.69, 9.17) is 22.1 Å². The first-order valence-corrected chi connectivity index (χ1v) is 5.92. The Balaban J connectivity index is 2.41. The summed E-state index contributed by atoms with van der Waals surface area (Å²) in [6.45, 7) is 3.74. The van der Waals surface area contributed by atoms with Crippen molar-refractivity contribution in [1.29, 1.82) is 0 Å². The van der Waals surface area contributed by atoms with Crippen LogP contribution < -0.4 is 5.73 Å². The number of aryl methyl sites for hydroxylation is 1. The van der Waals surface area contributed by atoms with Gasteiger partial charge in [-0.1, -0.05) is 0 Å². The van der Waals surface area contributed by atoms with Gasteiger partial charge < -0.3 is 10.5 Å². The molecule has 2 rings (SSSR count). The number of nitrogen functional groups attached to an aromatic ring is 1. The standard InChI is InChI=1S/C11H12ClN5O2/c1-3-19-10(18)7-4-14-17(5-7)9-8(13)6(2)15-11(12)16-9/h4-5H,3,13H2,1-2H3. The van der Waals surface area contributed by atoms with Crippen LogP contribution in [0.15, 0.2) is 12.4 Å².